The smallest absolute Gasteiger partial charge is 0.253 e. The lowest BCUT2D eigenvalue weighted by Gasteiger charge is -2.38. The molecule has 35 heavy (non-hydrogen) atoms. The van der Waals surface area contributed by atoms with Crippen LogP contribution < -0.4 is 20.3 Å². The number of amides is 1. The molecule has 1 aliphatic carbocycles. The number of ether oxygens (including phenoxy) is 2. The number of aromatic amines is 1. The van der Waals surface area contributed by atoms with Crippen molar-refractivity contribution in [3.63, 3.8) is 0 Å². The number of carbonyl (C=O) groups excluding carboxylic acids is 1. The quantitative estimate of drug-likeness (QED) is 0.624. The second kappa shape index (κ2) is 9.86. The first-order valence-electron chi connectivity index (χ1n) is 12.6. The molecule has 2 fully saturated rings. The first-order chi connectivity index (χ1) is 16.8. The fourth-order valence-electron chi connectivity index (χ4n) is 5.34. The number of rotatable bonds is 6. The number of aryl methyl sites for hydroxylation is 2. The second-order valence-corrected chi connectivity index (χ2v) is 10.8. The Balaban J connectivity index is 1.28. The highest BCUT2D eigenvalue weighted by atomic mass is 35.5. The van der Waals surface area contributed by atoms with Gasteiger partial charge in [0.1, 0.15) is 12.7 Å². The zero-order chi connectivity index (χ0) is 24.7. The second-order valence-electron chi connectivity index (χ2n) is 10.4. The third-order valence-electron chi connectivity index (χ3n) is 7.64. The fraction of sp³-hybridized carbons (Fsp3) is 0.556. The maximum absolute atomic E-state index is 13.1. The van der Waals surface area contributed by atoms with Gasteiger partial charge in [-0.2, -0.15) is 0 Å². The zero-order valence-electron chi connectivity index (χ0n) is 20.7. The summed E-state index contributed by atoms with van der Waals surface area (Å²) in [5.41, 5.74) is 3.12. The Labute approximate surface area is 211 Å². The van der Waals surface area contributed by atoms with Gasteiger partial charge in [-0.25, -0.2) is 0 Å². The van der Waals surface area contributed by atoms with Crippen molar-refractivity contribution in [2.24, 2.45) is 11.8 Å². The standard InChI is InChI=1S/C27H34ClN3O4/c1-15-10-16(2)30-27(33)21(15)12-29-26(32)20-11-22(28)25-24(17(20)3)35-23(14-34-25)19-6-8-31(9-7-19)13-18-4-5-18/h10-11,18-19,23H,4-9,12-14H2,1-3H3,(H,29,32)(H,30,33). The number of hydrogen-bond donors (Lipinski definition) is 2. The topological polar surface area (TPSA) is 83.7 Å². The number of H-pyrrole nitrogens is 1. The van der Waals surface area contributed by atoms with E-state index in [1.165, 1.54) is 19.4 Å². The number of benzene rings is 1. The number of piperidine rings is 1. The van der Waals surface area contributed by atoms with Gasteiger partial charge in [-0.15, -0.1) is 0 Å². The van der Waals surface area contributed by atoms with Gasteiger partial charge in [0.15, 0.2) is 11.5 Å². The summed E-state index contributed by atoms with van der Waals surface area (Å²) in [6.07, 6.45) is 4.90. The molecule has 1 amide bonds. The highest BCUT2D eigenvalue weighted by Gasteiger charge is 2.35. The summed E-state index contributed by atoms with van der Waals surface area (Å²) in [4.78, 5) is 30.8. The number of aromatic nitrogens is 1. The summed E-state index contributed by atoms with van der Waals surface area (Å²) >= 11 is 6.51. The molecule has 0 radical (unpaired) electrons. The average molecular weight is 500 g/mol. The van der Waals surface area contributed by atoms with Gasteiger partial charge in [-0.3, -0.25) is 9.59 Å². The van der Waals surface area contributed by atoms with Crippen molar-refractivity contribution in [2.45, 2.75) is 59.1 Å². The molecule has 1 aromatic carbocycles. The number of hydrogen-bond acceptors (Lipinski definition) is 5. The molecule has 2 N–H and O–H groups in total. The minimum absolute atomic E-state index is 0.0487. The highest BCUT2D eigenvalue weighted by molar-refractivity contribution is 6.32. The summed E-state index contributed by atoms with van der Waals surface area (Å²) in [6, 6.07) is 3.52. The summed E-state index contributed by atoms with van der Waals surface area (Å²) in [7, 11) is 0. The van der Waals surface area contributed by atoms with E-state index < -0.39 is 0 Å². The van der Waals surface area contributed by atoms with Crippen LogP contribution in [0.2, 0.25) is 5.02 Å². The predicted octanol–water partition coefficient (Wildman–Crippen LogP) is 4.15. The van der Waals surface area contributed by atoms with Crippen LogP contribution in [0.5, 0.6) is 11.5 Å². The number of nitrogens with one attached hydrogen (secondary N) is 2. The molecule has 188 valence electrons. The minimum atomic E-state index is -0.300. The lowest BCUT2D eigenvalue weighted by atomic mass is 9.90. The van der Waals surface area contributed by atoms with Crippen LogP contribution in [0.4, 0.5) is 0 Å². The van der Waals surface area contributed by atoms with E-state index in [4.69, 9.17) is 21.1 Å². The zero-order valence-corrected chi connectivity index (χ0v) is 21.5. The molecule has 3 heterocycles. The Morgan fingerprint density at radius 1 is 1.14 bits per heavy atom. The fourth-order valence-corrected chi connectivity index (χ4v) is 5.58. The van der Waals surface area contributed by atoms with E-state index in [9.17, 15) is 9.59 Å². The van der Waals surface area contributed by atoms with Gasteiger partial charge in [0.25, 0.3) is 11.5 Å². The first-order valence-corrected chi connectivity index (χ1v) is 13.0. The van der Waals surface area contributed by atoms with E-state index in [0.717, 1.165) is 43.1 Å². The summed E-state index contributed by atoms with van der Waals surface area (Å²) in [6.45, 7) is 9.61. The van der Waals surface area contributed by atoms with Crippen LogP contribution >= 0.6 is 11.6 Å². The van der Waals surface area contributed by atoms with E-state index in [-0.39, 0.29) is 24.1 Å². The molecular formula is C27H34ClN3O4. The molecule has 2 aliphatic heterocycles. The molecule has 2 aromatic rings. The summed E-state index contributed by atoms with van der Waals surface area (Å²) < 4.78 is 12.5. The normalized spacial score (nSPS) is 20.6. The van der Waals surface area contributed by atoms with Gasteiger partial charge in [-0.05, 0) is 83.2 Å². The lowest BCUT2D eigenvalue weighted by molar-refractivity contribution is 0.0195. The first kappa shape index (κ1) is 24.2. The molecule has 1 atom stereocenters. The molecule has 8 heteroatoms. The van der Waals surface area contributed by atoms with Gasteiger partial charge in [0.2, 0.25) is 0 Å². The minimum Gasteiger partial charge on any atom is -0.484 e. The van der Waals surface area contributed by atoms with Crippen molar-refractivity contribution >= 4 is 17.5 Å². The van der Waals surface area contributed by atoms with Crippen LogP contribution in [0.3, 0.4) is 0 Å². The molecular weight excluding hydrogens is 466 g/mol. The Morgan fingerprint density at radius 2 is 1.89 bits per heavy atom. The third kappa shape index (κ3) is 5.21. The van der Waals surface area contributed by atoms with Gasteiger partial charge in [-0.1, -0.05) is 11.6 Å². The molecule has 1 saturated carbocycles. The van der Waals surface area contributed by atoms with E-state index in [2.05, 4.69) is 15.2 Å². The number of fused-ring (bicyclic) bond motifs is 1. The molecule has 7 nitrogen and oxygen atoms in total. The number of halogens is 1. The van der Waals surface area contributed by atoms with Crippen LogP contribution in [0, 0.1) is 32.6 Å². The van der Waals surface area contributed by atoms with Crippen molar-refractivity contribution in [1.82, 2.24) is 15.2 Å². The molecule has 1 aromatic heterocycles. The van der Waals surface area contributed by atoms with Crippen molar-refractivity contribution in [3.05, 3.63) is 55.5 Å². The highest BCUT2D eigenvalue weighted by Crippen LogP contribution is 2.44. The van der Waals surface area contributed by atoms with Crippen molar-refractivity contribution in [3.8, 4) is 11.5 Å². The molecule has 1 saturated heterocycles. The van der Waals surface area contributed by atoms with E-state index >= 15 is 0 Å². The number of pyridine rings is 1. The number of nitrogens with zero attached hydrogens (tertiary/aromatic N) is 1. The van der Waals surface area contributed by atoms with Crippen LogP contribution in [-0.2, 0) is 6.54 Å². The Hall–Kier alpha value is -2.51. The molecule has 0 bridgehead atoms. The van der Waals surface area contributed by atoms with Crippen molar-refractivity contribution in [2.75, 3.05) is 26.2 Å². The molecule has 3 aliphatic rings. The SMILES string of the molecule is Cc1cc(C)c(CNC(=O)c2cc(Cl)c3c(c2C)OC(C2CCN(CC4CC4)CC2)CO3)c(=O)[nH]1. The number of carbonyl (C=O) groups is 1. The van der Waals surface area contributed by atoms with Crippen LogP contribution in [0.15, 0.2) is 16.9 Å². The number of likely N-dealkylation sites (tertiary alicyclic amines) is 1. The van der Waals surface area contributed by atoms with E-state index in [0.29, 0.717) is 45.7 Å². The Morgan fingerprint density at radius 3 is 2.57 bits per heavy atom. The average Bonchev–Trinajstić information content (AvgIpc) is 3.65. The van der Waals surface area contributed by atoms with Crippen molar-refractivity contribution < 1.29 is 14.3 Å². The Kier molecular flexibility index (Phi) is 6.82. The third-order valence-corrected chi connectivity index (χ3v) is 7.92. The maximum atomic E-state index is 13.1. The Bertz CT molecular complexity index is 1180. The maximum Gasteiger partial charge on any atom is 0.253 e. The summed E-state index contributed by atoms with van der Waals surface area (Å²) in [5, 5.41) is 3.23. The summed E-state index contributed by atoms with van der Waals surface area (Å²) in [5.74, 6) is 2.10. The molecule has 1 unspecified atom stereocenters. The van der Waals surface area contributed by atoms with Gasteiger partial charge in [0.05, 0.1) is 5.02 Å². The van der Waals surface area contributed by atoms with Gasteiger partial charge in [0, 0.05) is 41.4 Å². The molecule has 0 spiro atoms. The predicted molar refractivity (Wildman–Crippen MR) is 136 cm³/mol. The lowest BCUT2D eigenvalue weighted by Crippen LogP contribution is -2.44. The largest absolute Gasteiger partial charge is 0.484 e. The van der Waals surface area contributed by atoms with Crippen LogP contribution in [0.25, 0.3) is 0 Å². The van der Waals surface area contributed by atoms with Crippen molar-refractivity contribution in [1.29, 1.82) is 0 Å². The van der Waals surface area contributed by atoms with Crippen LogP contribution in [0.1, 0.15) is 58.4 Å². The van der Waals surface area contributed by atoms with Gasteiger partial charge < -0.3 is 24.7 Å². The van der Waals surface area contributed by atoms with Gasteiger partial charge >= 0.3 is 0 Å². The van der Waals surface area contributed by atoms with E-state index in [1.54, 1.807) is 6.07 Å². The van der Waals surface area contributed by atoms with E-state index in [1.807, 2.05) is 26.8 Å². The molecule has 5 rings (SSSR count). The van der Waals surface area contributed by atoms with Crippen LogP contribution in [-0.4, -0.2) is 48.1 Å². The monoisotopic (exact) mass is 499 g/mol.